The number of hydrogen-bond acceptors (Lipinski definition) is 1. The Hall–Kier alpha value is -1.34. The molecule has 0 aliphatic rings. The molecule has 14 heteroatoms. The maximum atomic E-state index is 13.5. The van der Waals surface area contributed by atoms with Gasteiger partial charge in [-0.1, -0.05) is 22.0 Å². The van der Waals surface area contributed by atoms with Gasteiger partial charge in [-0.3, -0.25) is 0 Å². The van der Waals surface area contributed by atoms with Gasteiger partial charge in [-0.25, -0.2) is 8.78 Å². The van der Waals surface area contributed by atoms with E-state index < -0.39 is 48.4 Å². The van der Waals surface area contributed by atoms with Crippen LogP contribution in [0.3, 0.4) is 0 Å². The summed E-state index contributed by atoms with van der Waals surface area (Å²) in [7, 11) is 0. The van der Waals surface area contributed by atoms with Crippen LogP contribution in [0.2, 0.25) is 0 Å². The van der Waals surface area contributed by atoms with Gasteiger partial charge >= 0.3 is 36.0 Å². The summed E-state index contributed by atoms with van der Waals surface area (Å²) in [6, 6.07) is 4.27. The highest BCUT2D eigenvalue weighted by molar-refractivity contribution is 9.10. The standard InChI is InChI=1S/C13H7BrF12O/c14-6-2-1-3-7(4-6)27-5-9(17,18)11(21,22)13(25,26)12(23,24)10(19,20)8(15)16/h1-4,8H,5H2. The molecule has 0 saturated carbocycles. The van der Waals surface area contributed by atoms with Crippen molar-refractivity contribution in [2.45, 2.75) is 36.0 Å². The molecule has 0 aliphatic carbocycles. The zero-order valence-corrected chi connectivity index (χ0v) is 14.0. The first-order chi connectivity index (χ1) is 11.9. The molecule has 0 fully saturated rings. The van der Waals surface area contributed by atoms with Gasteiger partial charge in [0.1, 0.15) is 5.75 Å². The molecule has 1 nitrogen and oxygen atoms in total. The lowest BCUT2D eigenvalue weighted by molar-refractivity contribution is -0.414. The van der Waals surface area contributed by atoms with E-state index in [1.807, 2.05) is 0 Å². The predicted molar refractivity (Wildman–Crippen MR) is 70.4 cm³/mol. The Balaban J connectivity index is 3.19. The molecule has 1 aromatic rings. The zero-order valence-electron chi connectivity index (χ0n) is 12.4. The Morgan fingerprint density at radius 3 is 1.78 bits per heavy atom. The van der Waals surface area contributed by atoms with Crippen LogP contribution in [0.1, 0.15) is 0 Å². The molecule has 1 aromatic carbocycles. The minimum atomic E-state index is -7.55. The lowest BCUT2D eigenvalue weighted by Gasteiger charge is -2.39. The normalized spacial score (nSPS) is 14.6. The fraction of sp³-hybridized carbons (Fsp3) is 0.538. The molecule has 0 aliphatic heterocycles. The Morgan fingerprint density at radius 2 is 1.33 bits per heavy atom. The lowest BCUT2D eigenvalue weighted by Crippen LogP contribution is -2.69. The van der Waals surface area contributed by atoms with Gasteiger partial charge in [0, 0.05) is 4.47 Å². The second-order valence-corrected chi connectivity index (χ2v) is 6.01. The Kier molecular flexibility index (Phi) is 6.36. The smallest absolute Gasteiger partial charge is 0.384 e. The summed E-state index contributed by atoms with van der Waals surface area (Å²) in [6.07, 6.45) is -5.53. The van der Waals surface area contributed by atoms with Crippen LogP contribution in [0.5, 0.6) is 5.75 Å². The number of halogens is 13. The summed E-state index contributed by atoms with van der Waals surface area (Å²) in [4.78, 5) is 0. The molecule has 1 rings (SSSR count). The lowest BCUT2D eigenvalue weighted by atomic mass is 9.94. The van der Waals surface area contributed by atoms with Gasteiger partial charge in [0.25, 0.3) is 0 Å². The van der Waals surface area contributed by atoms with E-state index in [1.165, 1.54) is 6.07 Å². The van der Waals surface area contributed by atoms with Crippen molar-refractivity contribution in [1.29, 1.82) is 0 Å². The molecule has 0 spiro atoms. The van der Waals surface area contributed by atoms with Gasteiger partial charge in [-0.15, -0.1) is 0 Å². The maximum absolute atomic E-state index is 13.5. The average molecular weight is 487 g/mol. The molecule has 0 heterocycles. The summed E-state index contributed by atoms with van der Waals surface area (Å²) < 4.78 is 160. The third-order valence-corrected chi connectivity index (χ3v) is 3.65. The van der Waals surface area contributed by atoms with Crippen molar-refractivity contribution in [3.8, 4) is 5.75 Å². The van der Waals surface area contributed by atoms with Gasteiger partial charge in [0.05, 0.1) is 0 Å². The van der Waals surface area contributed by atoms with Gasteiger partial charge in [-0.05, 0) is 18.2 Å². The fourth-order valence-electron chi connectivity index (χ4n) is 1.59. The molecule has 0 atom stereocenters. The molecule has 0 bridgehead atoms. The molecule has 0 aromatic heterocycles. The van der Waals surface area contributed by atoms with Gasteiger partial charge in [0.15, 0.2) is 6.61 Å². The van der Waals surface area contributed by atoms with E-state index in [2.05, 4.69) is 20.7 Å². The molecule has 0 saturated heterocycles. The van der Waals surface area contributed by atoms with Crippen molar-refractivity contribution in [3.63, 3.8) is 0 Å². The van der Waals surface area contributed by atoms with Crippen molar-refractivity contribution >= 4 is 15.9 Å². The van der Waals surface area contributed by atoms with Crippen LogP contribution >= 0.6 is 15.9 Å². The number of rotatable bonds is 8. The minimum Gasteiger partial charge on any atom is -0.487 e. The quantitative estimate of drug-likeness (QED) is 0.393. The summed E-state index contributed by atoms with van der Waals surface area (Å²) in [5.74, 6) is -36.0. The number of ether oxygens (including phenoxy) is 1. The van der Waals surface area contributed by atoms with Crippen molar-refractivity contribution in [2.75, 3.05) is 6.61 Å². The van der Waals surface area contributed by atoms with Crippen molar-refractivity contribution in [3.05, 3.63) is 28.7 Å². The molecule has 27 heavy (non-hydrogen) atoms. The SMILES string of the molecule is FC(F)C(F)(F)C(F)(F)C(F)(F)C(F)(F)C(F)(F)COc1cccc(Br)c1. The summed E-state index contributed by atoms with van der Waals surface area (Å²) in [5, 5.41) is 0. The van der Waals surface area contributed by atoms with E-state index in [9.17, 15) is 52.7 Å². The van der Waals surface area contributed by atoms with Gasteiger partial charge in [-0.2, -0.15) is 43.9 Å². The largest absolute Gasteiger partial charge is 0.487 e. The molecule has 0 N–H and O–H groups in total. The first-order valence-electron chi connectivity index (χ1n) is 6.47. The van der Waals surface area contributed by atoms with E-state index in [1.54, 1.807) is 0 Å². The monoisotopic (exact) mass is 486 g/mol. The predicted octanol–water partition coefficient (Wildman–Crippen LogP) is 6.27. The molecular formula is C13H7BrF12O. The van der Waals surface area contributed by atoms with Crippen LogP contribution in [0.25, 0.3) is 0 Å². The van der Waals surface area contributed by atoms with Gasteiger partial charge in [0.2, 0.25) is 0 Å². The Labute approximate surface area is 151 Å². The third-order valence-electron chi connectivity index (χ3n) is 3.16. The van der Waals surface area contributed by atoms with Crippen LogP contribution in [-0.2, 0) is 0 Å². The van der Waals surface area contributed by atoms with Crippen LogP contribution < -0.4 is 4.74 Å². The number of benzene rings is 1. The van der Waals surface area contributed by atoms with Gasteiger partial charge < -0.3 is 4.74 Å². The third kappa shape index (κ3) is 3.94. The molecule has 0 radical (unpaired) electrons. The van der Waals surface area contributed by atoms with Crippen molar-refractivity contribution in [2.24, 2.45) is 0 Å². The molecule has 0 unspecified atom stereocenters. The highest BCUT2D eigenvalue weighted by Gasteiger charge is 2.87. The number of alkyl halides is 12. The summed E-state index contributed by atoms with van der Waals surface area (Å²) in [6.45, 7) is -2.64. The molecule has 0 amide bonds. The topological polar surface area (TPSA) is 9.23 Å². The zero-order chi connectivity index (χ0) is 21.5. The van der Waals surface area contributed by atoms with Crippen molar-refractivity contribution in [1.82, 2.24) is 0 Å². The van der Waals surface area contributed by atoms with Crippen LogP contribution in [-0.4, -0.2) is 42.6 Å². The first-order valence-corrected chi connectivity index (χ1v) is 7.26. The Bertz CT molecular complexity index is 660. The second-order valence-electron chi connectivity index (χ2n) is 5.10. The average Bonchev–Trinajstić information content (AvgIpc) is 2.52. The van der Waals surface area contributed by atoms with E-state index in [4.69, 9.17) is 0 Å². The highest BCUT2D eigenvalue weighted by Crippen LogP contribution is 2.58. The summed E-state index contributed by atoms with van der Waals surface area (Å²) >= 11 is 2.83. The summed E-state index contributed by atoms with van der Waals surface area (Å²) in [5.41, 5.74) is 0. The second kappa shape index (κ2) is 7.24. The van der Waals surface area contributed by atoms with Crippen LogP contribution in [0.4, 0.5) is 52.7 Å². The van der Waals surface area contributed by atoms with E-state index >= 15 is 0 Å². The highest BCUT2D eigenvalue weighted by atomic mass is 79.9. The van der Waals surface area contributed by atoms with Crippen molar-refractivity contribution < 1.29 is 57.4 Å². The molecular weight excluding hydrogens is 480 g/mol. The maximum Gasteiger partial charge on any atom is 0.384 e. The van der Waals surface area contributed by atoms with E-state index in [0.717, 1.165) is 18.2 Å². The van der Waals surface area contributed by atoms with E-state index in [0.29, 0.717) is 0 Å². The Morgan fingerprint density at radius 1 is 0.815 bits per heavy atom. The first kappa shape index (κ1) is 23.7. The van der Waals surface area contributed by atoms with Crippen LogP contribution in [0.15, 0.2) is 28.7 Å². The minimum absolute atomic E-state index is 0.170. The molecule has 156 valence electrons. The van der Waals surface area contributed by atoms with Crippen LogP contribution in [0, 0.1) is 0 Å². The fourth-order valence-corrected chi connectivity index (χ4v) is 1.97. The van der Waals surface area contributed by atoms with E-state index in [-0.39, 0.29) is 4.47 Å². The number of hydrogen-bond donors (Lipinski definition) is 0.